The van der Waals surface area contributed by atoms with Gasteiger partial charge in [0.15, 0.2) is 0 Å². The van der Waals surface area contributed by atoms with Gasteiger partial charge >= 0.3 is 0 Å². The van der Waals surface area contributed by atoms with Crippen molar-refractivity contribution in [1.29, 1.82) is 0 Å². The number of carbonyl (C=O) groups excluding carboxylic acids is 2. The molecule has 0 aromatic carbocycles. The first-order valence-electron chi connectivity index (χ1n) is 9.39. The number of halogens is 1. The summed E-state index contributed by atoms with van der Waals surface area (Å²) in [6, 6.07) is -0.655. The monoisotopic (exact) mass is 407 g/mol. The number of carbonyl (C=O) groups is 2. The van der Waals surface area contributed by atoms with Crippen molar-refractivity contribution in [3.05, 3.63) is 0 Å². The van der Waals surface area contributed by atoms with Crippen LogP contribution in [0, 0.1) is 5.92 Å². The first-order chi connectivity index (χ1) is 11.8. The summed E-state index contributed by atoms with van der Waals surface area (Å²) in [5, 5.41) is 0. The van der Waals surface area contributed by atoms with Crippen LogP contribution in [0.25, 0.3) is 0 Å². The van der Waals surface area contributed by atoms with Crippen LogP contribution >= 0.6 is 12.4 Å². The molecule has 0 aromatic rings. The number of nitrogens with zero attached hydrogens (tertiary/aromatic N) is 3. The van der Waals surface area contributed by atoms with Crippen molar-refractivity contribution >= 4 is 34.2 Å². The van der Waals surface area contributed by atoms with Gasteiger partial charge in [0.2, 0.25) is 21.8 Å². The average Bonchev–Trinajstić information content (AvgIpc) is 3.00. The molecule has 150 valence electrons. The summed E-state index contributed by atoms with van der Waals surface area (Å²) < 4.78 is 25.3. The number of hydrogen-bond acceptors (Lipinski definition) is 5. The number of amides is 2. The highest BCUT2D eigenvalue weighted by Crippen LogP contribution is 2.40. The molecule has 26 heavy (non-hydrogen) atoms. The van der Waals surface area contributed by atoms with E-state index in [4.69, 9.17) is 0 Å². The largest absolute Gasteiger partial charge is 0.337 e. The second kappa shape index (κ2) is 8.44. The molecule has 0 aliphatic carbocycles. The van der Waals surface area contributed by atoms with Crippen molar-refractivity contribution in [3.8, 4) is 0 Å². The van der Waals surface area contributed by atoms with Crippen LogP contribution < -0.4 is 0 Å². The Morgan fingerprint density at radius 3 is 2.46 bits per heavy atom. The van der Waals surface area contributed by atoms with Crippen molar-refractivity contribution in [2.45, 2.75) is 57.5 Å². The highest BCUT2D eigenvalue weighted by molar-refractivity contribution is 7.88. The van der Waals surface area contributed by atoms with E-state index in [-0.39, 0.29) is 42.2 Å². The molecule has 3 aliphatic rings. The predicted octanol–water partition coefficient (Wildman–Crippen LogP) is 1.08. The minimum Gasteiger partial charge on any atom is -0.337 e. The molecule has 9 heteroatoms. The highest BCUT2D eigenvalue weighted by Gasteiger charge is 2.56. The molecule has 0 saturated carbocycles. The minimum absolute atomic E-state index is 0. The van der Waals surface area contributed by atoms with Gasteiger partial charge in [0, 0.05) is 13.0 Å². The lowest BCUT2D eigenvalue weighted by Gasteiger charge is -2.31. The van der Waals surface area contributed by atoms with Crippen molar-refractivity contribution < 1.29 is 18.0 Å². The number of sulfonamides is 1. The zero-order chi connectivity index (χ0) is 18.2. The first-order valence-corrected chi connectivity index (χ1v) is 11.2. The molecule has 0 radical (unpaired) electrons. The molecule has 3 fully saturated rings. The lowest BCUT2D eigenvalue weighted by Crippen LogP contribution is -2.43. The third kappa shape index (κ3) is 4.02. The average molecular weight is 408 g/mol. The SMILES string of the molecule is CCC[C@H]1C(=O)N(S(C)(=O)=O)[C@H]2CCN(C(=O)CCCN3CCC3)[C@H]12.Cl. The Bertz CT molecular complexity index is 638. The molecule has 0 unspecified atom stereocenters. The van der Waals surface area contributed by atoms with Crippen molar-refractivity contribution in [3.63, 3.8) is 0 Å². The number of rotatable bonds is 7. The van der Waals surface area contributed by atoms with Crippen LogP contribution in [0.15, 0.2) is 0 Å². The summed E-state index contributed by atoms with van der Waals surface area (Å²) in [6.07, 6.45) is 5.62. The standard InChI is InChI=1S/C17H29N3O4S.ClH/c1-3-6-13-16-14(20(17(13)22)25(2,23)24)8-12-19(16)15(21)7-4-9-18-10-5-11-18;/h13-14,16H,3-12H2,1-2H3;1H/t13-,14+,16-;/m1./s1. The van der Waals surface area contributed by atoms with Crippen LogP contribution in [0.4, 0.5) is 0 Å². The molecule has 0 N–H and O–H groups in total. The minimum atomic E-state index is -3.59. The Balaban J connectivity index is 0.00000243. The predicted molar refractivity (Wildman–Crippen MR) is 102 cm³/mol. The van der Waals surface area contributed by atoms with Crippen molar-refractivity contribution in [2.75, 3.05) is 32.4 Å². The summed E-state index contributed by atoms with van der Waals surface area (Å²) in [6.45, 7) is 5.73. The summed E-state index contributed by atoms with van der Waals surface area (Å²) >= 11 is 0. The van der Waals surface area contributed by atoms with Crippen LogP contribution in [0.3, 0.4) is 0 Å². The van der Waals surface area contributed by atoms with E-state index < -0.39 is 10.0 Å². The third-order valence-corrected chi connectivity index (χ3v) is 6.92. The van der Waals surface area contributed by atoms with E-state index in [1.165, 1.54) is 6.42 Å². The van der Waals surface area contributed by atoms with Crippen molar-refractivity contribution in [2.24, 2.45) is 5.92 Å². The van der Waals surface area contributed by atoms with Gasteiger partial charge in [0.1, 0.15) is 0 Å². The normalized spacial score (nSPS) is 28.7. The van der Waals surface area contributed by atoms with Crippen LogP contribution in [-0.4, -0.2) is 78.9 Å². The number of hydrogen-bond donors (Lipinski definition) is 0. The molecule has 3 rings (SSSR count). The maximum atomic E-state index is 12.7. The van der Waals surface area contributed by atoms with Crippen LogP contribution in [-0.2, 0) is 19.6 Å². The van der Waals surface area contributed by atoms with Crippen LogP contribution in [0.5, 0.6) is 0 Å². The Hall–Kier alpha value is -0.860. The first kappa shape index (κ1) is 21.4. The molecule has 7 nitrogen and oxygen atoms in total. The smallest absolute Gasteiger partial charge is 0.241 e. The Labute approximate surface area is 162 Å². The van der Waals surface area contributed by atoms with Gasteiger partial charge < -0.3 is 9.80 Å². The second-order valence-corrected chi connectivity index (χ2v) is 9.38. The molecular weight excluding hydrogens is 378 g/mol. The fourth-order valence-electron chi connectivity index (χ4n) is 4.52. The maximum Gasteiger partial charge on any atom is 0.241 e. The molecule has 3 heterocycles. The van der Waals surface area contributed by atoms with E-state index in [0.29, 0.717) is 25.8 Å². The summed E-state index contributed by atoms with van der Waals surface area (Å²) in [5.41, 5.74) is 0. The molecule has 0 aromatic heterocycles. The topological polar surface area (TPSA) is 78.0 Å². The lowest BCUT2D eigenvalue weighted by molar-refractivity contribution is -0.134. The molecule has 2 amide bonds. The fraction of sp³-hybridized carbons (Fsp3) is 0.882. The van der Waals surface area contributed by atoms with Gasteiger partial charge in [-0.05, 0) is 45.3 Å². The fourth-order valence-corrected chi connectivity index (χ4v) is 5.71. The lowest BCUT2D eigenvalue weighted by atomic mass is 9.94. The van der Waals surface area contributed by atoms with Gasteiger partial charge in [-0.2, -0.15) is 0 Å². The highest BCUT2D eigenvalue weighted by atomic mass is 35.5. The van der Waals surface area contributed by atoms with E-state index in [0.717, 1.165) is 43.0 Å². The second-order valence-electron chi connectivity index (χ2n) is 7.52. The van der Waals surface area contributed by atoms with Gasteiger partial charge in [0.25, 0.3) is 0 Å². The van der Waals surface area contributed by atoms with Crippen LogP contribution in [0.1, 0.15) is 45.4 Å². The molecule has 3 atom stereocenters. The van der Waals surface area contributed by atoms with Crippen LogP contribution in [0.2, 0.25) is 0 Å². The van der Waals surface area contributed by atoms with E-state index >= 15 is 0 Å². The quantitative estimate of drug-likeness (QED) is 0.631. The Morgan fingerprint density at radius 2 is 1.92 bits per heavy atom. The molecule has 0 bridgehead atoms. The third-order valence-electron chi connectivity index (χ3n) is 5.76. The zero-order valence-electron chi connectivity index (χ0n) is 15.6. The summed E-state index contributed by atoms with van der Waals surface area (Å²) in [5.74, 6) is -0.638. The maximum absolute atomic E-state index is 12.7. The van der Waals surface area contributed by atoms with Gasteiger partial charge in [-0.1, -0.05) is 13.3 Å². The van der Waals surface area contributed by atoms with Gasteiger partial charge in [-0.15, -0.1) is 12.4 Å². The van der Waals surface area contributed by atoms with E-state index in [1.807, 2.05) is 6.92 Å². The van der Waals surface area contributed by atoms with Gasteiger partial charge in [-0.3, -0.25) is 9.59 Å². The summed E-state index contributed by atoms with van der Waals surface area (Å²) in [4.78, 5) is 29.5. The number of likely N-dealkylation sites (tertiary alicyclic amines) is 2. The van der Waals surface area contributed by atoms with E-state index in [9.17, 15) is 18.0 Å². The number of fused-ring (bicyclic) bond motifs is 1. The van der Waals surface area contributed by atoms with E-state index in [2.05, 4.69) is 4.90 Å². The van der Waals surface area contributed by atoms with Gasteiger partial charge in [-0.25, -0.2) is 12.7 Å². The molecule has 0 spiro atoms. The molecular formula is C17H30ClN3O4S. The Kier molecular flexibility index (Phi) is 6.96. The molecule has 3 aliphatic heterocycles. The summed E-state index contributed by atoms with van der Waals surface area (Å²) in [7, 11) is -3.59. The van der Waals surface area contributed by atoms with E-state index in [1.54, 1.807) is 4.90 Å². The van der Waals surface area contributed by atoms with Gasteiger partial charge in [0.05, 0.1) is 24.3 Å². The van der Waals surface area contributed by atoms with Crippen molar-refractivity contribution in [1.82, 2.24) is 14.1 Å². The Morgan fingerprint density at radius 1 is 1.23 bits per heavy atom. The molecule has 3 saturated heterocycles. The zero-order valence-corrected chi connectivity index (χ0v) is 17.2.